The zero-order chi connectivity index (χ0) is 17.4. The molecule has 2 unspecified atom stereocenters. The van der Waals surface area contributed by atoms with Gasteiger partial charge in [-0.15, -0.1) is 15.3 Å². The number of nitrogens with zero attached hydrogens (tertiary/aromatic N) is 6. The Morgan fingerprint density at radius 2 is 2.16 bits per heavy atom. The Morgan fingerprint density at radius 1 is 1.28 bits per heavy atom. The van der Waals surface area contributed by atoms with Crippen LogP contribution in [0.2, 0.25) is 0 Å². The van der Waals surface area contributed by atoms with Crippen molar-refractivity contribution in [2.45, 2.75) is 26.0 Å². The van der Waals surface area contributed by atoms with Crippen LogP contribution in [0, 0.1) is 0 Å². The summed E-state index contributed by atoms with van der Waals surface area (Å²) in [6.07, 6.45) is -0.293. The molecule has 4 heterocycles. The molecule has 132 valence electrons. The third-order valence-corrected chi connectivity index (χ3v) is 5.24. The maximum Gasteiger partial charge on any atom is 0.186 e. The van der Waals surface area contributed by atoms with Crippen LogP contribution in [-0.2, 0) is 0 Å². The fourth-order valence-corrected chi connectivity index (χ4v) is 4.05. The lowest BCUT2D eigenvalue weighted by Gasteiger charge is -2.40. The maximum absolute atomic E-state index is 9.61. The molecular weight excluding hydrogens is 336 g/mol. The fourth-order valence-electron chi connectivity index (χ4n) is 3.42. The van der Waals surface area contributed by atoms with Crippen LogP contribution < -0.4 is 4.90 Å². The Balaban J connectivity index is 1.61. The van der Waals surface area contributed by atoms with E-state index in [0.29, 0.717) is 6.04 Å². The number of hydrogen-bond donors (Lipinski definition) is 1. The van der Waals surface area contributed by atoms with E-state index in [-0.39, 0.29) is 6.10 Å². The van der Waals surface area contributed by atoms with E-state index in [9.17, 15) is 5.11 Å². The minimum Gasteiger partial charge on any atom is -0.392 e. The average molecular weight is 358 g/mol. The van der Waals surface area contributed by atoms with E-state index in [1.54, 1.807) is 11.3 Å². The summed E-state index contributed by atoms with van der Waals surface area (Å²) < 4.78 is 1.83. The second-order valence-corrected chi connectivity index (χ2v) is 7.43. The molecular formula is C17H22N6OS. The fraction of sp³-hybridized carbons (Fsp3) is 0.471. The first-order valence-corrected chi connectivity index (χ1v) is 9.48. The molecule has 25 heavy (non-hydrogen) atoms. The minimum atomic E-state index is -0.293. The number of hydrogen-bond acceptors (Lipinski definition) is 7. The first-order chi connectivity index (χ1) is 12.1. The van der Waals surface area contributed by atoms with Gasteiger partial charge in [0.25, 0.3) is 0 Å². The molecule has 0 aromatic carbocycles. The molecule has 2 atom stereocenters. The van der Waals surface area contributed by atoms with Gasteiger partial charge in [-0.2, -0.15) is 15.9 Å². The van der Waals surface area contributed by atoms with Crippen molar-refractivity contribution < 1.29 is 5.11 Å². The average Bonchev–Trinajstić information content (AvgIpc) is 3.23. The number of aromatic nitrogens is 4. The maximum atomic E-state index is 9.61. The van der Waals surface area contributed by atoms with E-state index in [1.165, 1.54) is 0 Å². The third-order valence-electron chi connectivity index (χ3n) is 4.56. The van der Waals surface area contributed by atoms with E-state index in [2.05, 4.69) is 32.3 Å². The highest BCUT2D eigenvalue weighted by Gasteiger charge is 2.26. The highest BCUT2D eigenvalue weighted by Crippen LogP contribution is 2.23. The van der Waals surface area contributed by atoms with Gasteiger partial charge in [-0.1, -0.05) is 0 Å². The first-order valence-electron chi connectivity index (χ1n) is 8.54. The van der Waals surface area contributed by atoms with Gasteiger partial charge in [0.15, 0.2) is 11.5 Å². The molecule has 0 aliphatic carbocycles. The van der Waals surface area contributed by atoms with Crippen molar-refractivity contribution in [3.05, 3.63) is 29.0 Å². The summed E-state index contributed by atoms with van der Waals surface area (Å²) in [4.78, 5) is 4.62. The van der Waals surface area contributed by atoms with E-state index in [4.69, 9.17) is 5.10 Å². The molecule has 3 aromatic rings. The number of piperazine rings is 1. The molecule has 1 saturated heterocycles. The lowest BCUT2D eigenvalue weighted by Crippen LogP contribution is -2.53. The van der Waals surface area contributed by atoms with Crippen molar-refractivity contribution in [2.75, 3.05) is 31.1 Å². The summed E-state index contributed by atoms with van der Waals surface area (Å²) in [6.45, 7) is 7.50. The summed E-state index contributed by atoms with van der Waals surface area (Å²) in [5, 5.41) is 27.0. The largest absolute Gasteiger partial charge is 0.392 e. The molecule has 1 aliphatic heterocycles. The van der Waals surface area contributed by atoms with Crippen LogP contribution in [0.5, 0.6) is 0 Å². The Hall–Kier alpha value is -2.03. The van der Waals surface area contributed by atoms with Gasteiger partial charge in [0.2, 0.25) is 0 Å². The van der Waals surface area contributed by atoms with Crippen LogP contribution in [0.25, 0.3) is 17.0 Å². The van der Waals surface area contributed by atoms with Crippen molar-refractivity contribution in [3.63, 3.8) is 0 Å². The number of anilines is 1. The van der Waals surface area contributed by atoms with Gasteiger partial charge in [-0.3, -0.25) is 4.90 Å². The standard InChI is InChI=1S/C17H22N6OS/c1-12-9-21(10-13(2)24)6-7-22(12)16-4-3-15-18-19-17(23(15)20-16)14-5-8-25-11-14/h3-5,8,11-13,24H,6-7,9-10H2,1-2H3. The van der Waals surface area contributed by atoms with Crippen LogP contribution in [0.15, 0.2) is 29.0 Å². The number of thiophene rings is 1. The Bertz CT molecular complexity index is 846. The molecule has 0 saturated carbocycles. The smallest absolute Gasteiger partial charge is 0.186 e. The van der Waals surface area contributed by atoms with Crippen LogP contribution in [-0.4, -0.2) is 68.1 Å². The molecule has 0 radical (unpaired) electrons. The summed E-state index contributed by atoms with van der Waals surface area (Å²) in [6, 6.07) is 6.36. The monoisotopic (exact) mass is 358 g/mol. The SMILES string of the molecule is CC(O)CN1CCN(c2ccc3nnc(-c4ccsc4)n3n2)C(C)C1. The topological polar surface area (TPSA) is 69.8 Å². The van der Waals surface area contributed by atoms with Crippen molar-refractivity contribution in [3.8, 4) is 11.4 Å². The molecule has 4 rings (SSSR count). The summed E-state index contributed by atoms with van der Waals surface area (Å²) in [7, 11) is 0. The lowest BCUT2D eigenvalue weighted by atomic mass is 10.1. The molecule has 0 spiro atoms. The number of rotatable bonds is 4. The van der Waals surface area contributed by atoms with Crippen LogP contribution in [0.4, 0.5) is 5.82 Å². The normalized spacial score (nSPS) is 20.3. The van der Waals surface area contributed by atoms with E-state index < -0.39 is 0 Å². The number of β-amino-alcohol motifs (C(OH)–C–C–N with tert-alkyl or cyclic N) is 1. The van der Waals surface area contributed by atoms with Crippen LogP contribution >= 0.6 is 11.3 Å². The Kier molecular flexibility index (Phi) is 4.41. The van der Waals surface area contributed by atoms with Gasteiger partial charge in [0.1, 0.15) is 5.82 Å². The summed E-state index contributed by atoms with van der Waals surface area (Å²) in [5.41, 5.74) is 1.79. The molecule has 0 bridgehead atoms. The second-order valence-electron chi connectivity index (χ2n) is 6.65. The van der Waals surface area contributed by atoms with Crippen molar-refractivity contribution in [2.24, 2.45) is 0 Å². The van der Waals surface area contributed by atoms with Gasteiger partial charge in [-0.05, 0) is 37.4 Å². The summed E-state index contributed by atoms with van der Waals surface area (Å²) >= 11 is 1.64. The molecule has 1 N–H and O–H groups in total. The quantitative estimate of drug-likeness (QED) is 0.766. The van der Waals surface area contributed by atoms with Gasteiger partial charge in [0.05, 0.1) is 6.10 Å². The zero-order valence-electron chi connectivity index (χ0n) is 14.4. The minimum absolute atomic E-state index is 0.293. The molecule has 1 aliphatic rings. The summed E-state index contributed by atoms with van der Waals surface area (Å²) in [5.74, 6) is 1.71. The van der Waals surface area contributed by atoms with Gasteiger partial charge in [0, 0.05) is 43.2 Å². The molecule has 7 nitrogen and oxygen atoms in total. The number of aliphatic hydroxyl groups is 1. The zero-order valence-corrected chi connectivity index (χ0v) is 15.2. The van der Waals surface area contributed by atoms with E-state index in [0.717, 1.165) is 49.0 Å². The van der Waals surface area contributed by atoms with Gasteiger partial charge < -0.3 is 10.0 Å². The lowest BCUT2D eigenvalue weighted by molar-refractivity contribution is 0.114. The number of fused-ring (bicyclic) bond motifs is 1. The van der Waals surface area contributed by atoms with Crippen molar-refractivity contribution >= 4 is 22.8 Å². The third kappa shape index (κ3) is 3.24. The predicted octanol–water partition coefficient (Wildman–Crippen LogP) is 1.74. The Labute approximate surface area is 150 Å². The van der Waals surface area contributed by atoms with Crippen molar-refractivity contribution in [1.82, 2.24) is 24.7 Å². The second kappa shape index (κ2) is 6.70. The molecule has 1 fully saturated rings. The Morgan fingerprint density at radius 3 is 2.88 bits per heavy atom. The molecule has 8 heteroatoms. The highest BCUT2D eigenvalue weighted by atomic mass is 32.1. The molecule has 3 aromatic heterocycles. The van der Waals surface area contributed by atoms with Crippen LogP contribution in [0.1, 0.15) is 13.8 Å². The number of aliphatic hydroxyl groups excluding tert-OH is 1. The van der Waals surface area contributed by atoms with Gasteiger partial charge in [-0.25, -0.2) is 0 Å². The van der Waals surface area contributed by atoms with Crippen molar-refractivity contribution in [1.29, 1.82) is 0 Å². The van der Waals surface area contributed by atoms with Gasteiger partial charge >= 0.3 is 0 Å². The van der Waals surface area contributed by atoms with Crippen LogP contribution in [0.3, 0.4) is 0 Å². The first kappa shape index (κ1) is 16.4. The van der Waals surface area contributed by atoms with E-state index >= 15 is 0 Å². The predicted molar refractivity (Wildman–Crippen MR) is 99.0 cm³/mol. The molecule has 0 amide bonds. The highest BCUT2D eigenvalue weighted by molar-refractivity contribution is 7.08. The van der Waals surface area contributed by atoms with E-state index in [1.807, 2.05) is 35.0 Å².